The molecule has 0 radical (unpaired) electrons. The second kappa shape index (κ2) is 5.64. The monoisotopic (exact) mass is 292 g/mol. The van der Waals surface area contributed by atoms with E-state index in [9.17, 15) is 9.18 Å². The Balaban J connectivity index is 1.58. The summed E-state index contributed by atoms with van der Waals surface area (Å²) in [5, 5.41) is 0. The second-order valence-electron chi connectivity index (χ2n) is 6.20. The molecule has 0 N–H and O–H groups in total. The van der Waals surface area contributed by atoms with Gasteiger partial charge >= 0.3 is 0 Å². The molecule has 2 saturated heterocycles. The molecule has 0 bridgehead atoms. The number of benzene rings is 1. The Morgan fingerprint density at radius 2 is 1.95 bits per heavy atom. The molecular weight excluding hydrogens is 271 g/mol. The maximum absolute atomic E-state index is 13.1. The van der Waals surface area contributed by atoms with E-state index in [4.69, 9.17) is 4.74 Å². The Hall–Kier alpha value is -1.62. The van der Waals surface area contributed by atoms with Crippen LogP contribution in [0.4, 0.5) is 4.39 Å². The van der Waals surface area contributed by atoms with E-state index in [1.807, 2.05) is 4.90 Å². The zero-order valence-electron chi connectivity index (χ0n) is 12.5. The molecule has 0 spiro atoms. The summed E-state index contributed by atoms with van der Waals surface area (Å²) < 4.78 is 18.7. The highest BCUT2D eigenvalue weighted by Gasteiger charge is 2.41. The molecule has 1 unspecified atom stereocenters. The van der Waals surface area contributed by atoms with Crippen LogP contribution in [-0.2, 0) is 4.79 Å². The number of amides is 1. The van der Waals surface area contributed by atoms with E-state index < -0.39 is 6.10 Å². The summed E-state index contributed by atoms with van der Waals surface area (Å²) in [5.41, 5.74) is 0. The average Bonchev–Trinajstić information content (AvgIpc) is 2.94. The maximum atomic E-state index is 13.1. The van der Waals surface area contributed by atoms with Gasteiger partial charge in [-0.1, -0.05) is 6.07 Å². The lowest BCUT2D eigenvalue weighted by Gasteiger charge is -2.23. The van der Waals surface area contributed by atoms with Crippen LogP contribution in [0.15, 0.2) is 24.3 Å². The van der Waals surface area contributed by atoms with Crippen molar-refractivity contribution in [3.05, 3.63) is 30.1 Å². The fraction of sp³-hybridized carbons (Fsp3) is 0.562. The summed E-state index contributed by atoms with van der Waals surface area (Å²) in [6.45, 7) is 5.48. The summed E-state index contributed by atoms with van der Waals surface area (Å²) in [6, 6.07) is 5.91. The molecule has 2 aliphatic heterocycles. The predicted octanol–water partition coefficient (Wildman–Crippen LogP) is 1.61. The Kier molecular flexibility index (Phi) is 3.85. The number of ether oxygens (including phenoxy) is 1. The number of likely N-dealkylation sites (tertiary alicyclic amines) is 2. The lowest BCUT2D eigenvalue weighted by atomic mass is 10.0. The van der Waals surface area contributed by atoms with E-state index in [-0.39, 0.29) is 11.7 Å². The summed E-state index contributed by atoms with van der Waals surface area (Å²) >= 11 is 0. The fourth-order valence-corrected chi connectivity index (χ4v) is 3.46. The number of fused-ring (bicyclic) bond motifs is 1. The quantitative estimate of drug-likeness (QED) is 0.848. The van der Waals surface area contributed by atoms with Crippen molar-refractivity contribution >= 4 is 5.91 Å². The highest BCUT2D eigenvalue weighted by atomic mass is 19.1. The number of hydrogen-bond acceptors (Lipinski definition) is 3. The number of carbonyl (C=O) groups excluding carboxylic acids is 1. The van der Waals surface area contributed by atoms with Crippen molar-refractivity contribution in [2.24, 2.45) is 11.8 Å². The van der Waals surface area contributed by atoms with E-state index >= 15 is 0 Å². The molecule has 3 atom stereocenters. The van der Waals surface area contributed by atoms with Gasteiger partial charge in [0.15, 0.2) is 6.10 Å². The third-order valence-electron chi connectivity index (χ3n) is 4.44. The summed E-state index contributed by atoms with van der Waals surface area (Å²) in [4.78, 5) is 16.7. The molecule has 2 fully saturated rings. The van der Waals surface area contributed by atoms with Gasteiger partial charge in [-0.2, -0.15) is 0 Å². The Morgan fingerprint density at radius 1 is 1.29 bits per heavy atom. The van der Waals surface area contributed by atoms with Gasteiger partial charge in [-0.05, 0) is 37.9 Å². The van der Waals surface area contributed by atoms with Crippen LogP contribution in [-0.4, -0.2) is 55.0 Å². The molecule has 0 aromatic heterocycles. The minimum absolute atomic E-state index is 0.00341. The topological polar surface area (TPSA) is 32.8 Å². The molecule has 1 aromatic carbocycles. The van der Waals surface area contributed by atoms with E-state index in [0.717, 1.165) is 26.2 Å². The highest BCUT2D eigenvalue weighted by molar-refractivity contribution is 5.81. The molecule has 1 aromatic rings. The zero-order chi connectivity index (χ0) is 15.0. The van der Waals surface area contributed by atoms with Crippen molar-refractivity contribution < 1.29 is 13.9 Å². The zero-order valence-corrected chi connectivity index (χ0v) is 12.5. The van der Waals surface area contributed by atoms with Crippen molar-refractivity contribution in [3.8, 4) is 5.75 Å². The van der Waals surface area contributed by atoms with Gasteiger partial charge in [-0.15, -0.1) is 0 Å². The van der Waals surface area contributed by atoms with Gasteiger partial charge in [0, 0.05) is 32.2 Å². The van der Waals surface area contributed by atoms with E-state index in [2.05, 4.69) is 11.9 Å². The molecule has 5 heteroatoms. The minimum Gasteiger partial charge on any atom is -0.481 e. The molecule has 3 rings (SSSR count). The van der Waals surface area contributed by atoms with Crippen LogP contribution in [0.1, 0.15) is 6.92 Å². The standard InChI is InChI=1S/C16H21FN2O2/c1-11(21-15-5-3-4-14(17)6-15)16(20)19-9-12-7-18(2)8-13(12)10-19/h3-6,11-13H,7-10H2,1-2H3/t11?,12-,13+. The van der Waals surface area contributed by atoms with Crippen molar-refractivity contribution in [2.45, 2.75) is 13.0 Å². The second-order valence-corrected chi connectivity index (χ2v) is 6.20. The number of carbonyl (C=O) groups is 1. The number of halogens is 1. The molecule has 4 nitrogen and oxygen atoms in total. The van der Waals surface area contributed by atoms with Crippen LogP contribution in [0.25, 0.3) is 0 Å². The normalized spacial score (nSPS) is 26.7. The molecule has 0 saturated carbocycles. The smallest absolute Gasteiger partial charge is 0.263 e. The predicted molar refractivity (Wildman–Crippen MR) is 77.5 cm³/mol. The minimum atomic E-state index is -0.580. The summed E-state index contributed by atoms with van der Waals surface area (Å²) in [5.74, 6) is 1.21. The van der Waals surface area contributed by atoms with Crippen molar-refractivity contribution in [1.82, 2.24) is 9.80 Å². The van der Waals surface area contributed by atoms with Crippen molar-refractivity contribution in [3.63, 3.8) is 0 Å². The molecule has 1 amide bonds. The fourth-order valence-electron chi connectivity index (χ4n) is 3.46. The van der Waals surface area contributed by atoms with E-state index in [1.165, 1.54) is 12.1 Å². The number of hydrogen-bond donors (Lipinski definition) is 0. The largest absolute Gasteiger partial charge is 0.481 e. The first kappa shape index (κ1) is 14.3. The van der Waals surface area contributed by atoms with Gasteiger partial charge in [0.25, 0.3) is 5.91 Å². The first-order valence-corrected chi connectivity index (χ1v) is 7.42. The molecule has 2 aliphatic rings. The number of rotatable bonds is 3. The van der Waals surface area contributed by atoms with Gasteiger partial charge < -0.3 is 14.5 Å². The molecule has 0 aliphatic carbocycles. The first-order chi connectivity index (χ1) is 10.0. The Labute approximate surface area is 124 Å². The third-order valence-corrected chi connectivity index (χ3v) is 4.44. The molecule has 2 heterocycles. The molecule has 21 heavy (non-hydrogen) atoms. The van der Waals surface area contributed by atoms with Crippen LogP contribution in [0, 0.1) is 17.7 Å². The number of nitrogens with zero attached hydrogens (tertiary/aromatic N) is 2. The lowest BCUT2D eigenvalue weighted by molar-refractivity contribution is -0.137. The Bertz CT molecular complexity index is 523. The van der Waals surface area contributed by atoms with Crippen molar-refractivity contribution in [2.75, 3.05) is 33.2 Å². The average molecular weight is 292 g/mol. The molecular formula is C16H21FN2O2. The third kappa shape index (κ3) is 3.02. The maximum Gasteiger partial charge on any atom is 0.263 e. The van der Waals surface area contributed by atoms with Gasteiger partial charge in [0.1, 0.15) is 11.6 Å². The van der Waals surface area contributed by atoms with E-state index in [0.29, 0.717) is 17.6 Å². The Morgan fingerprint density at radius 3 is 2.57 bits per heavy atom. The SMILES string of the molecule is CC(Oc1cccc(F)c1)C(=O)N1C[C@H]2CN(C)C[C@H]2C1. The van der Waals surface area contributed by atoms with Crippen LogP contribution < -0.4 is 4.74 Å². The van der Waals surface area contributed by atoms with Gasteiger partial charge in [-0.25, -0.2) is 4.39 Å². The van der Waals surface area contributed by atoms with Crippen LogP contribution in [0.3, 0.4) is 0 Å². The lowest BCUT2D eigenvalue weighted by Crippen LogP contribution is -2.40. The summed E-state index contributed by atoms with van der Waals surface area (Å²) in [6.07, 6.45) is -0.580. The van der Waals surface area contributed by atoms with Gasteiger partial charge in [-0.3, -0.25) is 4.79 Å². The van der Waals surface area contributed by atoms with Gasteiger partial charge in [0.05, 0.1) is 0 Å². The van der Waals surface area contributed by atoms with Crippen LogP contribution in [0.2, 0.25) is 0 Å². The van der Waals surface area contributed by atoms with Crippen LogP contribution in [0.5, 0.6) is 5.75 Å². The first-order valence-electron chi connectivity index (χ1n) is 7.42. The highest BCUT2D eigenvalue weighted by Crippen LogP contribution is 2.30. The van der Waals surface area contributed by atoms with Crippen molar-refractivity contribution in [1.29, 1.82) is 0 Å². The summed E-state index contributed by atoms with van der Waals surface area (Å²) in [7, 11) is 2.13. The molecule has 114 valence electrons. The van der Waals surface area contributed by atoms with Crippen LogP contribution >= 0.6 is 0 Å². The van der Waals surface area contributed by atoms with Gasteiger partial charge in [0.2, 0.25) is 0 Å². The van der Waals surface area contributed by atoms with E-state index in [1.54, 1.807) is 19.1 Å².